The fourth-order valence-corrected chi connectivity index (χ4v) is 2.89. The first kappa shape index (κ1) is 13.8. The molecule has 1 nitrogen and oxygen atoms in total. The van der Waals surface area contributed by atoms with E-state index in [0.29, 0.717) is 6.04 Å². The van der Waals surface area contributed by atoms with Crippen molar-refractivity contribution in [1.82, 2.24) is 5.32 Å². The Balaban J connectivity index is 2.03. The van der Waals surface area contributed by atoms with Crippen LogP contribution in [0.3, 0.4) is 0 Å². The van der Waals surface area contributed by atoms with Crippen molar-refractivity contribution in [2.24, 2.45) is 0 Å². The second kappa shape index (κ2) is 6.50. The third-order valence-corrected chi connectivity index (χ3v) is 4.42. The normalized spacial score (nSPS) is 12.4. The number of halogens is 2. The van der Waals surface area contributed by atoms with Gasteiger partial charge in [-0.25, -0.2) is 0 Å². The minimum Gasteiger partial charge on any atom is -0.306 e. The van der Waals surface area contributed by atoms with E-state index in [0.717, 1.165) is 15.5 Å². The Morgan fingerprint density at radius 1 is 0.944 bits per heavy atom. The van der Waals surface area contributed by atoms with Crippen LogP contribution < -0.4 is 5.32 Å². The SMILES string of the molecule is CC(NCc1ccccc1Br)c1ccccc1Br. The van der Waals surface area contributed by atoms with Crippen molar-refractivity contribution in [3.05, 3.63) is 68.6 Å². The van der Waals surface area contributed by atoms with Crippen LogP contribution in [0.15, 0.2) is 57.5 Å². The molecule has 1 unspecified atom stereocenters. The van der Waals surface area contributed by atoms with E-state index in [1.807, 2.05) is 12.1 Å². The summed E-state index contributed by atoms with van der Waals surface area (Å²) in [6.45, 7) is 3.03. The summed E-state index contributed by atoms with van der Waals surface area (Å²) in [6, 6.07) is 16.9. The first-order valence-corrected chi connectivity index (χ1v) is 7.48. The molecule has 18 heavy (non-hydrogen) atoms. The average molecular weight is 369 g/mol. The van der Waals surface area contributed by atoms with E-state index >= 15 is 0 Å². The fraction of sp³-hybridized carbons (Fsp3) is 0.200. The Morgan fingerprint density at radius 2 is 1.56 bits per heavy atom. The molecule has 1 atom stereocenters. The summed E-state index contributed by atoms with van der Waals surface area (Å²) in [6.07, 6.45) is 0. The van der Waals surface area contributed by atoms with Gasteiger partial charge in [0.1, 0.15) is 0 Å². The van der Waals surface area contributed by atoms with E-state index in [2.05, 4.69) is 80.5 Å². The van der Waals surface area contributed by atoms with Gasteiger partial charge in [0, 0.05) is 21.5 Å². The van der Waals surface area contributed by atoms with Gasteiger partial charge < -0.3 is 5.32 Å². The van der Waals surface area contributed by atoms with Gasteiger partial charge in [-0.1, -0.05) is 68.3 Å². The van der Waals surface area contributed by atoms with Crippen molar-refractivity contribution >= 4 is 31.9 Å². The first-order valence-electron chi connectivity index (χ1n) is 5.89. The Kier molecular flexibility index (Phi) is 4.98. The van der Waals surface area contributed by atoms with Crippen molar-refractivity contribution in [3.63, 3.8) is 0 Å². The predicted molar refractivity (Wildman–Crippen MR) is 83.5 cm³/mol. The van der Waals surface area contributed by atoms with Gasteiger partial charge in [0.2, 0.25) is 0 Å². The lowest BCUT2D eigenvalue weighted by molar-refractivity contribution is 0.572. The average Bonchev–Trinajstić information content (AvgIpc) is 2.38. The Hall–Kier alpha value is -0.640. The number of rotatable bonds is 4. The zero-order valence-electron chi connectivity index (χ0n) is 10.2. The van der Waals surface area contributed by atoms with E-state index in [9.17, 15) is 0 Å². The maximum atomic E-state index is 3.59. The summed E-state index contributed by atoms with van der Waals surface area (Å²) >= 11 is 7.16. The molecule has 0 aliphatic rings. The van der Waals surface area contributed by atoms with Crippen LogP contribution in [0.1, 0.15) is 24.1 Å². The van der Waals surface area contributed by atoms with E-state index in [1.165, 1.54) is 11.1 Å². The smallest absolute Gasteiger partial charge is 0.0306 e. The molecule has 3 heteroatoms. The van der Waals surface area contributed by atoms with Gasteiger partial charge in [0.15, 0.2) is 0 Å². The molecule has 0 fully saturated rings. The standard InChI is InChI=1S/C15H15Br2N/c1-11(13-7-3-5-9-15(13)17)18-10-12-6-2-4-8-14(12)16/h2-9,11,18H,10H2,1H3. The van der Waals surface area contributed by atoms with Gasteiger partial charge in [-0.3, -0.25) is 0 Å². The zero-order valence-corrected chi connectivity index (χ0v) is 13.3. The molecule has 0 aliphatic carbocycles. The lowest BCUT2D eigenvalue weighted by Crippen LogP contribution is -2.18. The van der Waals surface area contributed by atoms with Crippen LogP contribution in [-0.4, -0.2) is 0 Å². The van der Waals surface area contributed by atoms with Crippen LogP contribution in [0.5, 0.6) is 0 Å². The molecule has 1 N–H and O–H groups in total. The van der Waals surface area contributed by atoms with Crippen molar-refractivity contribution in [2.45, 2.75) is 19.5 Å². The summed E-state index contributed by atoms with van der Waals surface area (Å²) in [5.41, 5.74) is 2.56. The summed E-state index contributed by atoms with van der Waals surface area (Å²) in [4.78, 5) is 0. The predicted octanol–water partition coefficient (Wildman–Crippen LogP) is 5.06. The maximum Gasteiger partial charge on any atom is 0.0306 e. The van der Waals surface area contributed by atoms with E-state index < -0.39 is 0 Å². The molecule has 0 aromatic heterocycles. The van der Waals surface area contributed by atoms with Gasteiger partial charge in [-0.2, -0.15) is 0 Å². The summed E-state index contributed by atoms with van der Waals surface area (Å²) in [7, 11) is 0. The lowest BCUT2D eigenvalue weighted by atomic mass is 10.1. The number of hydrogen-bond donors (Lipinski definition) is 1. The molecular formula is C15H15Br2N. The summed E-state index contributed by atoms with van der Waals surface area (Å²) in [5, 5.41) is 3.54. The lowest BCUT2D eigenvalue weighted by Gasteiger charge is -2.16. The van der Waals surface area contributed by atoms with Gasteiger partial charge in [-0.05, 0) is 30.2 Å². The van der Waals surface area contributed by atoms with Gasteiger partial charge >= 0.3 is 0 Å². The van der Waals surface area contributed by atoms with Crippen molar-refractivity contribution in [2.75, 3.05) is 0 Å². The zero-order chi connectivity index (χ0) is 13.0. The number of nitrogens with one attached hydrogen (secondary N) is 1. The minimum atomic E-state index is 0.313. The van der Waals surface area contributed by atoms with E-state index in [4.69, 9.17) is 0 Å². The molecule has 0 heterocycles. The van der Waals surface area contributed by atoms with E-state index in [-0.39, 0.29) is 0 Å². The molecule has 2 aromatic rings. The second-order valence-corrected chi connectivity index (χ2v) is 5.92. The van der Waals surface area contributed by atoms with Crippen molar-refractivity contribution in [1.29, 1.82) is 0 Å². The highest BCUT2D eigenvalue weighted by molar-refractivity contribution is 9.10. The topological polar surface area (TPSA) is 12.0 Å². The van der Waals surface area contributed by atoms with E-state index in [1.54, 1.807) is 0 Å². The molecule has 0 aliphatic heterocycles. The molecule has 0 bridgehead atoms. The van der Waals surface area contributed by atoms with Crippen LogP contribution in [0, 0.1) is 0 Å². The third-order valence-electron chi connectivity index (χ3n) is 2.93. The molecule has 2 aromatic carbocycles. The van der Waals surface area contributed by atoms with Crippen LogP contribution in [-0.2, 0) is 6.54 Å². The molecule has 0 saturated carbocycles. The van der Waals surface area contributed by atoms with Crippen molar-refractivity contribution < 1.29 is 0 Å². The largest absolute Gasteiger partial charge is 0.306 e. The molecule has 0 saturated heterocycles. The Bertz CT molecular complexity index is 525. The maximum absolute atomic E-state index is 3.59. The number of hydrogen-bond acceptors (Lipinski definition) is 1. The highest BCUT2D eigenvalue weighted by atomic mass is 79.9. The van der Waals surface area contributed by atoms with Gasteiger partial charge in [0.05, 0.1) is 0 Å². The summed E-state index contributed by atoms with van der Waals surface area (Å²) in [5.74, 6) is 0. The van der Waals surface area contributed by atoms with Crippen LogP contribution >= 0.6 is 31.9 Å². The number of benzene rings is 2. The molecule has 0 radical (unpaired) electrons. The molecule has 0 spiro atoms. The summed E-state index contributed by atoms with van der Waals surface area (Å²) < 4.78 is 2.30. The highest BCUT2D eigenvalue weighted by Gasteiger charge is 2.08. The molecule has 94 valence electrons. The minimum absolute atomic E-state index is 0.313. The molecule has 2 rings (SSSR count). The molecule has 0 amide bonds. The third kappa shape index (κ3) is 3.44. The monoisotopic (exact) mass is 367 g/mol. The van der Waals surface area contributed by atoms with Gasteiger partial charge in [-0.15, -0.1) is 0 Å². The first-order chi connectivity index (χ1) is 8.68. The molecular weight excluding hydrogens is 354 g/mol. The van der Waals surface area contributed by atoms with Gasteiger partial charge in [0.25, 0.3) is 0 Å². The Morgan fingerprint density at radius 3 is 2.22 bits per heavy atom. The second-order valence-electron chi connectivity index (χ2n) is 4.22. The van der Waals surface area contributed by atoms with Crippen molar-refractivity contribution in [3.8, 4) is 0 Å². The van der Waals surface area contributed by atoms with Crippen LogP contribution in [0.2, 0.25) is 0 Å². The van der Waals surface area contributed by atoms with Crippen LogP contribution in [0.4, 0.5) is 0 Å². The van der Waals surface area contributed by atoms with Crippen LogP contribution in [0.25, 0.3) is 0 Å². The Labute approximate surface area is 125 Å². The quantitative estimate of drug-likeness (QED) is 0.794. The highest BCUT2D eigenvalue weighted by Crippen LogP contribution is 2.23. The fourth-order valence-electron chi connectivity index (χ4n) is 1.84.